The molecular weight excluding hydrogens is 216 g/mol. The third-order valence-corrected chi connectivity index (χ3v) is 7.15. The molecule has 3 saturated carbocycles. The van der Waals surface area contributed by atoms with Crippen LogP contribution in [0.5, 0.6) is 0 Å². The maximum absolute atomic E-state index is 2.69. The van der Waals surface area contributed by atoms with Crippen molar-refractivity contribution in [3.63, 3.8) is 0 Å². The van der Waals surface area contributed by atoms with Gasteiger partial charge in [-0.15, -0.1) is 0 Å². The van der Waals surface area contributed by atoms with E-state index in [9.17, 15) is 0 Å². The molecule has 4 rings (SSSR count). The molecule has 0 aliphatic heterocycles. The van der Waals surface area contributed by atoms with E-state index in [1.54, 1.807) is 19.3 Å². The minimum Gasteiger partial charge on any atom is -0.0847 e. The summed E-state index contributed by atoms with van der Waals surface area (Å²) in [5.74, 6) is 4.25. The van der Waals surface area contributed by atoms with Crippen LogP contribution in [0.1, 0.15) is 71.1 Å². The van der Waals surface area contributed by atoms with Gasteiger partial charge in [-0.25, -0.2) is 0 Å². The lowest BCUT2D eigenvalue weighted by molar-refractivity contribution is 0.0101. The van der Waals surface area contributed by atoms with Gasteiger partial charge in [0.05, 0.1) is 0 Å². The highest BCUT2D eigenvalue weighted by atomic mass is 14.6. The highest BCUT2D eigenvalue weighted by Crippen LogP contribution is 2.61. The van der Waals surface area contributed by atoms with Crippen molar-refractivity contribution in [3.05, 3.63) is 11.6 Å². The Hall–Kier alpha value is -0.260. The summed E-state index contributed by atoms with van der Waals surface area (Å²) in [6, 6.07) is 0. The van der Waals surface area contributed by atoms with Crippen molar-refractivity contribution in [2.24, 2.45) is 29.1 Å². The minimum absolute atomic E-state index is 0.737. The van der Waals surface area contributed by atoms with E-state index >= 15 is 0 Å². The van der Waals surface area contributed by atoms with Crippen LogP contribution in [-0.2, 0) is 0 Å². The van der Waals surface area contributed by atoms with Crippen LogP contribution >= 0.6 is 0 Å². The summed E-state index contributed by atoms with van der Waals surface area (Å²) in [5, 5.41) is 0. The van der Waals surface area contributed by atoms with Crippen LogP contribution in [0.25, 0.3) is 0 Å². The molecule has 5 unspecified atom stereocenters. The zero-order chi connectivity index (χ0) is 12.2. The third kappa shape index (κ3) is 1.57. The smallest absolute Gasteiger partial charge is 0.0172 e. The molecular formula is C18H28. The first-order chi connectivity index (χ1) is 8.78. The van der Waals surface area contributed by atoms with Gasteiger partial charge in [0.1, 0.15) is 0 Å². The summed E-state index contributed by atoms with van der Waals surface area (Å²) in [6.07, 6.45) is 17.8. The summed E-state index contributed by atoms with van der Waals surface area (Å²) >= 11 is 0. The average Bonchev–Trinajstić information content (AvgIpc) is 2.80. The second kappa shape index (κ2) is 4.12. The van der Waals surface area contributed by atoms with Crippen LogP contribution in [0.2, 0.25) is 0 Å². The summed E-state index contributed by atoms with van der Waals surface area (Å²) in [6.45, 7) is 2.61. The molecule has 0 spiro atoms. The van der Waals surface area contributed by atoms with Gasteiger partial charge in [-0.05, 0) is 80.5 Å². The molecule has 0 N–H and O–H groups in total. The van der Waals surface area contributed by atoms with Crippen molar-refractivity contribution in [2.45, 2.75) is 71.1 Å². The van der Waals surface area contributed by atoms with E-state index in [1.807, 2.05) is 5.57 Å². The van der Waals surface area contributed by atoms with Gasteiger partial charge in [0.2, 0.25) is 0 Å². The van der Waals surface area contributed by atoms with Crippen molar-refractivity contribution >= 4 is 0 Å². The van der Waals surface area contributed by atoms with Crippen LogP contribution in [-0.4, -0.2) is 0 Å². The Balaban J connectivity index is 1.64. The minimum atomic E-state index is 0.737. The largest absolute Gasteiger partial charge is 0.0847 e. The number of hydrogen-bond acceptors (Lipinski definition) is 0. The molecule has 0 aromatic heterocycles. The molecule has 0 radical (unpaired) electrons. The fourth-order valence-electron chi connectivity index (χ4n) is 6.24. The predicted molar refractivity (Wildman–Crippen MR) is 76.3 cm³/mol. The van der Waals surface area contributed by atoms with E-state index in [0.717, 1.165) is 29.1 Å². The second-order valence-corrected chi connectivity index (χ2v) is 7.89. The van der Waals surface area contributed by atoms with Gasteiger partial charge in [0, 0.05) is 0 Å². The first-order valence-corrected chi connectivity index (χ1v) is 8.47. The molecule has 0 aromatic rings. The van der Waals surface area contributed by atoms with Crippen LogP contribution in [0.4, 0.5) is 0 Å². The van der Waals surface area contributed by atoms with E-state index in [0.29, 0.717) is 0 Å². The Morgan fingerprint density at radius 1 is 1.00 bits per heavy atom. The lowest BCUT2D eigenvalue weighted by atomic mass is 9.53. The molecule has 0 saturated heterocycles. The van der Waals surface area contributed by atoms with Crippen molar-refractivity contribution in [1.82, 2.24) is 0 Å². The summed E-state index contributed by atoms with van der Waals surface area (Å²) < 4.78 is 0. The van der Waals surface area contributed by atoms with Gasteiger partial charge in [0.25, 0.3) is 0 Å². The molecule has 3 fully saturated rings. The SMILES string of the molecule is CC12CCCC1C1CC=C3CCCCC3C1CC2. The summed E-state index contributed by atoms with van der Waals surface area (Å²) in [7, 11) is 0. The molecule has 0 heterocycles. The van der Waals surface area contributed by atoms with Gasteiger partial charge in [-0.3, -0.25) is 0 Å². The zero-order valence-electron chi connectivity index (χ0n) is 12.0. The standard InChI is InChI=1S/C18H28/c1-18-11-4-7-17(18)16-9-8-13-5-2-3-6-14(13)15(16)10-12-18/h8,14-17H,2-7,9-12H2,1H3. The average molecular weight is 244 g/mol. The Morgan fingerprint density at radius 2 is 1.94 bits per heavy atom. The monoisotopic (exact) mass is 244 g/mol. The fourth-order valence-corrected chi connectivity index (χ4v) is 6.24. The highest BCUT2D eigenvalue weighted by Gasteiger charge is 2.51. The van der Waals surface area contributed by atoms with E-state index < -0.39 is 0 Å². The molecule has 4 aliphatic carbocycles. The number of hydrogen-bond donors (Lipinski definition) is 0. The molecule has 5 atom stereocenters. The second-order valence-electron chi connectivity index (χ2n) is 7.89. The van der Waals surface area contributed by atoms with Crippen molar-refractivity contribution in [3.8, 4) is 0 Å². The molecule has 0 amide bonds. The molecule has 0 aromatic carbocycles. The summed E-state index contributed by atoms with van der Waals surface area (Å²) in [5.41, 5.74) is 2.62. The Bertz CT molecular complexity index is 366. The third-order valence-electron chi connectivity index (χ3n) is 7.15. The maximum atomic E-state index is 2.69. The topological polar surface area (TPSA) is 0 Å². The van der Waals surface area contributed by atoms with Gasteiger partial charge in [0.15, 0.2) is 0 Å². The van der Waals surface area contributed by atoms with Crippen molar-refractivity contribution < 1.29 is 0 Å². The van der Waals surface area contributed by atoms with Crippen LogP contribution in [0, 0.1) is 29.1 Å². The Morgan fingerprint density at radius 3 is 2.89 bits per heavy atom. The first-order valence-electron chi connectivity index (χ1n) is 8.47. The van der Waals surface area contributed by atoms with Gasteiger partial charge < -0.3 is 0 Å². The number of rotatable bonds is 0. The van der Waals surface area contributed by atoms with Crippen LogP contribution < -0.4 is 0 Å². The molecule has 4 aliphatic rings. The van der Waals surface area contributed by atoms with E-state index in [2.05, 4.69) is 13.0 Å². The molecule has 0 heteroatoms. The molecule has 0 bridgehead atoms. The number of fused-ring (bicyclic) bond motifs is 5. The highest BCUT2D eigenvalue weighted by molar-refractivity contribution is 5.18. The normalized spacial score (nSPS) is 51.1. The quantitative estimate of drug-likeness (QED) is 0.505. The Labute approximate surface area is 112 Å². The first kappa shape index (κ1) is 11.6. The van der Waals surface area contributed by atoms with E-state index in [-0.39, 0.29) is 0 Å². The van der Waals surface area contributed by atoms with Crippen molar-refractivity contribution in [2.75, 3.05) is 0 Å². The van der Waals surface area contributed by atoms with E-state index in [1.165, 1.54) is 44.9 Å². The fraction of sp³-hybridized carbons (Fsp3) is 0.889. The lowest BCUT2D eigenvalue weighted by Crippen LogP contribution is -2.43. The Kier molecular flexibility index (Phi) is 2.64. The van der Waals surface area contributed by atoms with E-state index in [4.69, 9.17) is 0 Å². The molecule has 0 nitrogen and oxygen atoms in total. The predicted octanol–water partition coefficient (Wildman–Crippen LogP) is 5.34. The van der Waals surface area contributed by atoms with Crippen molar-refractivity contribution in [1.29, 1.82) is 0 Å². The molecule has 18 heavy (non-hydrogen) atoms. The summed E-state index contributed by atoms with van der Waals surface area (Å²) in [4.78, 5) is 0. The number of allylic oxidation sites excluding steroid dienone is 2. The van der Waals surface area contributed by atoms with Crippen LogP contribution in [0.15, 0.2) is 11.6 Å². The maximum Gasteiger partial charge on any atom is -0.0172 e. The lowest BCUT2D eigenvalue weighted by Gasteiger charge is -2.52. The van der Waals surface area contributed by atoms with Gasteiger partial charge in [-0.2, -0.15) is 0 Å². The van der Waals surface area contributed by atoms with Gasteiger partial charge in [-0.1, -0.05) is 31.4 Å². The van der Waals surface area contributed by atoms with Crippen LogP contribution in [0.3, 0.4) is 0 Å². The van der Waals surface area contributed by atoms with Gasteiger partial charge >= 0.3 is 0 Å². The molecule has 100 valence electrons. The zero-order valence-corrected chi connectivity index (χ0v) is 12.0.